The molecule has 36 heavy (non-hydrogen) atoms. The third-order valence-corrected chi connectivity index (χ3v) is 6.36. The number of hydrogen-bond donors (Lipinski definition) is 0. The van der Waals surface area contributed by atoms with Crippen molar-refractivity contribution in [2.24, 2.45) is 0 Å². The van der Waals surface area contributed by atoms with E-state index < -0.39 is 0 Å². The zero-order chi connectivity index (χ0) is 24.7. The highest BCUT2D eigenvalue weighted by molar-refractivity contribution is 5.94. The Morgan fingerprint density at radius 2 is 1.75 bits per heavy atom. The highest BCUT2D eigenvalue weighted by atomic mass is 16.5. The van der Waals surface area contributed by atoms with Crippen molar-refractivity contribution in [3.63, 3.8) is 0 Å². The van der Waals surface area contributed by atoms with Crippen molar-refractivity contribution >= 4 is 5.91 Å². The quantitative estimate of drug-likeness (QED) is 0.371. The van der Waals surface area contributed by atoms with Gasteiger partial charge < -0.3 is 14.4 Å². The minimum Gasteiger partial charge on any atom is -0.491 e. The molecule has 0 atom stereocenters. The number of fused-ring (bicyclic) bond motifs is 3. The van der Waals surface area contributed by atoms with E-state index in [1.54, 1.807) is 6.20 Å². The normalized spacial score (nSPS) is 14.3. The van der Waals surface area contributed by atoms with Gasteiger partial charge in [-0.25, -0.2) is 0 Å². The lowest BCUT2D eigenvalue weighted by molar-refractivity contribution is 0.0571. The maximum Gasteiger partial charge on any atom is 0.254 e. The first-order chi connectivity index (χ1) is 17.7. The molecule has 0 spiro atoms. The van der Waals surface area contributed by atoms with E-state index >= 15 is 0 Å². The summed E-state index contributed by atoms with van der Waals surface area (Å²) in [5, 5.41) is 0. The van der Waals surface area contributed by atoms with Gasteiger partial charge >= 0.3 is 0 Å². The predicted molar refractivity (Wildman–Crippen MR) is 141 cm³/mol. The van der Waals surface area contributed by atoms with Crippen molar-refractivity contribution < 1.29 is 14.3 Å². The number of benzene rings is 3. The third-order valence-electron chi connectivity index (χ3n) is 6.36. The average Bonchev–Trinajstić information content (AvgIpc) is 2.90. The van der Waals surface area contributed by atoms with Crippen LogP contribution in [0.1, 0.15) is 32.6 Å². The fourth-order valence-corrected chi connectivity index (χ4v) is 4.55. The zero-order valence-electron chi connectivity index (χ0n) is 20.5. The highest BCUT2D eigenvalue weighted by Gasteiger charge is 2.17. The van der Waals surface area contributed by atoms with E-state index in [9.17, 15) is 4.79 Å². The van der Waals surface area contributed by atoms with Crippen LogP contribution < -0.4 is 4.74 Å². The van der Waals surface area contributed by atoms with Gasteiger partial charge in [-0.1, -0.05) is 54.1 Å². The van der Waals surface area contributed by atoms with Crippen LogP contribution in [0.25, 0.3) is 11.1 Å². The summed E-state index contributed by atoms with van der Waals surface area (Å²) in [5.41, 5.74) is 7.33. The number of ether oxygens (including phenoxy) is 2. The standard InChI is InChI=1S/C31H30N2O3/c1-23-5-2-8-27(17-23)31(34)33-13-14-35-15-16-36-30-11-10-26(28-9-4-12-32-21-28)20-29(30)19-24-6-3-7-25(18-24)22-33/h2-12,17-18,20-21H,13-16,19,22H2,1H3. The van der Waals surface area contributed by atoms with Crippen LogP contribution in [0, 0.1) is 6.92 Å². The maximum atomic E-state index is 13.4. The molecule has 1 aromatic heterocycles. The summed E-state index contributed by atoms with van der Waals surface area (Å²) < 4.78 is 12.0. The van der Waals surface area contributed by atoms with E-state index in [-0.39, 0.29) is 5.91 Å². The molecular weight excluding hydrogens is 448 g/mol. The van der Waals surface area contributed by atoms with Crippen molar-refractivity contribution in [2.45, 2.75) is 19.9 Å². The van der Waals surface area contributed by atoms with Crippen molar-refractivity contribution in [2.75, 3.05) is 26.4 Å². The number of nitrogens with zero attached hydrogens (tertiary/aromatic N) is 2. The van der Waals surface area contributed by atoms with Crippen LogP contribution >= 0.6 is 0 Å². The monoisotopic (exact) mass is 478 g/mol. The maximum absolute atomic E-state index is 13.4. The predicted octanol–water partition coefficient (Wildman–Crippen LogP) is 5.70. The van der Waals surface area contributed by atoms with Crippen LogP contribution in [0.2, 0.25) is 0 Å². The highest BCUT2D eigenvalue weighted by Crippen LogP contribution is 2.29. The van der Waals surface area contributed by atoms with Crippen LogP contribution in [0.15, 0.2) is 91.3 Å². The second kappa shape index (κ2) is 11.2. The van der Waals surface area contributed by atoms with Gasteiger partial charge in [0.1, 0.15) is 12.4 Å². The zero-order valence-corrected chi connectivity index (χ0v) is 20.5. The van der Waals surface area contributed by atoms with Crippen LogP contribution in [-0.2, 0) is 17.7 Å². The minimum absolute atomic E-state index is 0.0162. The van der Waals surface area contributed by atoms with Crippen LogP contribution in [-0.4, -0.2) is 42.2 Å². The Hall–Kier alpha value is -3.96. The molecule has 0 N–H and O–H groups in total. The molecule has 0 saturated carbocycles. The van der Waals surface area contributed by atoms with E-state index in [0.717, 1.165) is 40.0 Å². The summed E-state index contributed by atoms with van der Waals surface area (Å²) in [4.78, 5) is 19.5. The molecule has 0 unspecified atom stereocenters. The molecule has 1 amide bonds. The van der Waals surface area contributed by atoms with Gasteiger partial charge in [0.25, 0.3) is 5.91 Å². The summed E-state index contributed by atoms with van der Waals surface area (Å²) in [6.45, 7) is 4.41. The molecule has 2 bridgehead atoms. The molecule has 4 aromatic rings. The molecule has 1 aliphatic heterocycles. The minimum atomic E-state index is 0.0162. The molecule has 0 radical (unpaired) electrons. The van der Waals surface area contributed by atoms with Gasteiger partial charge in [-0.3, -0.25) is 9.78 Å². The van der Waals surface area contributed by atoms with E-state index in [4.69, 9.17) is 9.47 Å². The molecule has 5 rings (SSSR count). The molecule has 5 nitrogen and oxygen atoms in total. The molecule has 1 aliphatic rings. The largest absolute Gasteiger partial charge is 0.491 e. The number of amides is 1. The molecular formula is C31H30N2O3. The van der Waals surface area contributed by atoms with E-state index in [0.29, 0.717) is 38.5 Å². The Bertz CT molecular complexity index is 1340. The second-order valence-electron chi connectivity index (χ2n) is 9.12. The first-order valence-electron chi connectivity index (χ1n) is 12.3. The number of rotatable bonds is 2. The van der Waals surface area contributed by atoms with Crippen LogP contribution in [0.4, 0.5) is 0 Å². The lowest BCUT2D eigenvalue weighted by atomic mass is 9.98. The van der Waals surface area contributed by atoms with Gasteiger partial charge in [-0.15, -0.1) is 0 Å². The Balaban J connectivity index is 1.45. The third kappa shape index (κ3) is 5.81. The Morgan fingerprint density at radius 1 is 0.861 bits per heavy atom. The smallest absolute Gasteiger partial charge is 0.254 e. The van der Waals surface area contributed by atoms with Gasteiger partial charge in [-0.05, 0) is 59.5 Å². The first kappa shape index (κ1) is 23.8. The molecule has 0 saturated heterocycles. The second-order valence-corrected chi connectivity index (χ2v) is 9.12. The van der Waals surface area contributed by atoms with E-state index in [1.807, 2.05) is 54.4 Å². The molecule has 0 fully saturated rings. The lowest BCUT2D eigenvalue weighted by Gasteiger charge is -2.24. The first-order valence-corrected chi connectivity index (χ1v) is 12.3. The van der Waals surface area contributed by atoms with Crippen molar-refractivity contribution in [3.8, 4) is 16.9 Å². The SMILES string of the molecule is Cc1cccc(C(=O)N2CCOCCOc3ccc(-c4cccnc4)cc3Cc3cccc(c3)C2)c1. The molecule has 2 heterocycles. The summed E-state index contributed by atoms with van der Waals surface area (Å²) >= 11 is 0. The van der Waals surface area contributed by atoms with Crippen LogP contribution in [0.5, 0.6) is 5.75 Å². The van der Waals surface area contributed by atoms with E-state index in [1.165, 1.54) is 5.56 Å². The van der Waals surface area contributed by atoms with Crippen molar-refractivity contribution in [3.05, 3.63) is 119 Å². The number of pyridine rings is 1. The number of hydrogen-bond acceptors (Lipinski definition) is 4. The van der Waals surface area contributed by atoms with Gasteiger partial charge in [0.05, 0.1) is 13.2 Å². The number of aryl methyl sites for hydroxylation is 1. The summed E-state index contributed by atoms with van der Waals surface area (Å²) in [7, 11) is 0. The molecule has 5 heteroatoms. The lowest BCUT2D eigenvalue weighted by Crippen LogP contribution is -2.34. The summed E-state index contributed by atoms with van der Waals surface area (Å²) in [6.07, 6.45) is 4.38. The fraction of sp³-hybridized carbons (Fsp3) is 0.226. The Labute approximate surface area is 212 Å². The Kier molecular flexibility index (Phi) is 7.39. The number of carbonyl (C=O) groups excluding carboxylic acids is 1. The summed E-state index contributed by atoms with van der Waals surface area (Å²) in [5.74, 6) is 0.882. The van der Waals surface area contributed by atoms with Crippen molar-refractivity contribution in [1.82, 2.24) is 9.88 Å². The van der Waals surface area contributed by atoms with E-state index in [2.05, 4.69) is 47.4 Å². The van der Waals surface area contributed by atoms with Gasteiger partial charge in [0.2, 0.25) is 0 Å². The molecule has 182 valence electrons. The summed E-state index contributed by atoms with van der Waals surface area (Å²) in [6, 6.07) is 26.5. The van der Waals surface area contributed by atoms with Gasteiger partial charge in [0.15, 0.2) is 0 Å². The van der Waals surface area contributed by atoms with Gasteiger partial charge in [0, 0.05) is 43.0 Å². The number of carbonyl (C=O) groups is 1. The Morgan fingerprint density at radius 3 is 2.61 bits per heavy atom. The van der Waals surface area contributed by atoms with Crippen molar-refractivity contribution in [1.29, 1.82) is 0 Å². The topological polar surface area (TPSA) is 51.7 Å². The fourth-order valence-electron chi connectivity index (χ4n) is 4.55. The average molecular weight is 479 g/mol. The van der Waals surface area contributed by atoms with Gasteiger partial charge in [-0.2, -0.15) is 0 Å². The number of aromatic nitrogens is 1. The van der Waals surface area contributed by atoms with Crippen LogP contribution in [0.3, 0.4) is 0 Å². The molecule has 0 aliphatic carbocycles. The molecule has 3 aromatic carbocycles.